The maximum atomic E-state index is 6.26. The molecule has 3 heteroatoms. The lowest BCUT2D eigenvalue weighted by molar-refractivity contribution is 0.307. The van der Waals surface area contributed by atoms with Crippen molar-refractivity contribution in [2.45, 2.75) is 46.0 Å². The van der Waals surface area contributed by atoms with E-state index in [0.29, 0.717) is 11.6 Å². The second-order valence-corrected chi connectivity index (χ2v) is 6.48. The molecule has 0 atom stereocenters. The summed E-state index contributed by atoms with van der Waals surface area (Å²) in [6, 6.07) is 4.08. The van der Waals surface area contributed by atoms with Crippen LogP contribution in [0.5, 0.6) is 5.75 Å². The molecule has 96 valence electrons. The van der Waals surface area contributed by atoms with Crippen LogP contribution in [0.1, 0.15) is 46.1 Å². The molecule has 0 aliphatic rings. The van der Waals surface area contributed by atoms with Crippen molar-refractivity contribution in [2.75, 3.05) is 6.61 Å². The van der Waals surface area contributed by atoms with Gasteiger partial charge in [0.2, 0.25) is 0 Å². The van der Waals surface area contributed by atoms with Gasteiger partial charge >= 0.3 is 0 Å². The van der Waals surface area contributed by atoms with Crippen molar-refractivity contribution in [3.8, 4) is 5.75 Å². The number of hydrogen-bond acceptors (Lipinski definition) is 1. The molecule has 0 fully saturated rings. The summed E-state index contributed by atoms with van der Waals surface area (Å²) in [6.07, 6.45) is 2.17. The minimum atomic E-state index is 0.0914. The number of unbranched alkanes of at least 4 members (excludes halogenated alkanes) is 1. The zero-order valence-electron chi connectivity index (χ0n) is 10.9. The third-order valence-electron chi connectivity index (χ3n) is 2.61. The Bertz CT molecular complexity index is 359. The predicted molar refractivity (Wildman–Crippen MR) is 78.3 cm³/mol. The van der Waals surface area contributed by atoms with Crippen molar-refractivity contribution < 1.29 is 4.74 Å². The smallest absolute Gasteiger partial charge is 0.152 e. The van der Waals surface area contributed by atoms with Gasteiger partial charge in [-0.3, -0.25) is 0 Å². The molecule has 1 rings (SSSR count). The van der Waals surface area contributed by atoms with Crippen LogP contribution in [0.3, 0.4) is 0 Å². The van der Waals surface area contributed by atoms with Gasteiger partial charge in [-0.1, -0.05) is 45.7 Å². The van der Waals surface area contributed by atoms with Crippen LogP contribution < -0.4 is 4.74 Å². The minimum absolute atomic E-state index is 0.0914. The van der Waals surface area contributed by atoms with E-state index in [-0.39, 0.29) is 5.41 Å². The van der Waals surface area contributed by atoms with Gasteiger partial charge in [-0.25, -0.2) is 0 Å². The second-order valence-electron chi connectivity index (χ2n) is 5.22. The maximum absolute atomic E-state index is 6.26. The topological polar surface area (TPSA) is 9.23 Å². The summed E-state index contributed by atoms with van der Waals surface area (Å²) in [6.45, 7) is 9.36. The molecule has 0 aliphatic carbocycles. The molecule has 0 spiro atoms. The van der Waals surface area contributed by atoms with Crippen LogP contribution in [0.2, 0.25) is 5.02 Å². The highest BCUT2D eigenvalue weighted by Gasteiger charge is 2.18. The molecule has 1 aromatic carbocycles. The molecule has 0 amide bonds. The minimum Gasteiger partial charge on any atom is -0.491 e. The number of ether oxygens (including phenoxy) is 1. The van der Waals surface area contributed by atoms with Gasteiger partial charge in [0.25, 0.3) is 0 Å². The average molecular weight is 320 g/mol. The summed E-state index contributed by atoms with van der Waals surface area (Å²) in [5.74, 6) is 0.758. The van der Waals surface area contributed by atoms with Crippen LogP contribution in [0, 0.1) is 0 Å². The zero-order chi connectivity index (χ0) is 13.1. The molecule has 0 saturated carbocycles. The molecule has 1 aromatic rings. The van der Waals surface area contributed by atoms with Crippen molar-refractivity contribution in [1.82, 2.24) is 0 Å². The first-order chi connectivity index (χ1) is 7.86. The van der Waals surface area contributed by atoms with Gasteiger partial charge < -0.3 is 4.74 Å². The number of halogens is 2. The third kappa shape index (κ3) is 4.18. The monoisotopic (exact) mass is 318 g/mol. The van der Waals surface area contributed by atoms with Crippen molar-refractivity contribution >= 4 is 27.5 Å². The second kappa shape index (κ2) is 6.10. The molecule has 0 saturated heterocycles. The molecule has 0 unspecified atom stereocenters. The van der Waals surface area contributed by atoms with Gasteiger partial charge in [0, 0.05) is 0 Å². The lowest BCUT2D eigenvalue weighted by Gasteiger charge is -2.21. The molecule has 0 heterocycles. The van der Waals surface area contributed by atoms with Crippen LogP contribution in [-0.2, 0) is 5.41 Å². The SMILES string of the molecule is CCCCOc1c(Cl)cc(C(C)(C)C)cc1Br. The highest BCUT2D eigenvalue weighted by molar-refractivity contribution is 9.10. The first-order valence-corrected chi connectivity index (χ1v) is 7.15. The van der Waals surface area contributed by atoms with E-state index < -0.39 is 0 Å². The Labute approximate surface area is 118 Å². The zero-order valence-corrected chi connectivity index (χ0v) is 13.3. The van der Waals surface area contributed by atoms with Gasteiger partial charge in [0.05, 0.1) is 16.1 Å². The van der Waals surface area contributed by atoms with Crippen LogP contribution in [-0.4, -0.2) is 6.61 Å². The van der Waals surface area contributed by atoms with Crippen LogP contribution in [0.15, 0.2) is 16.6 Å². The van der Waals surface area contributed by atoms with Gasteiger partial charge in [-0.15, -0.1) is 0 Å². The van der Waals surface area contributed by atoms with E-state index >= 15 is 0 Å². The molecule has 0 aliphatic heterocycles. The van der Waals surface area contributed by atoms with Crippen LogP contribution in [0.4, 0.5) is 0 Å². The number of rotatable bonds is 4. The Morgan fingerprint density at radius 3 is 2.41 bits per heavy atom. The summed E-state index contributed by atoms with van der Waals surface area (Å²) in [5, 5.41) is 0.681. The molecule has 1 nitrogen and oxygen atoms in total. The van der Waals surface area contributed by atoms with Crippen LogP contribution in [0.25, 0.3) is 0 Å². The normalized spacial score (nSPS) is 11.6. The fourth-order valence-corrected chi connectivity index (χ4v) is 2.41. The third-order valence-corrected chi connectivity index (χ3v) is 3.48. The molecule has 0 aromatic heterocycles. The highest BCUT2D eigenvalue weighted by atomic mass is 79.9. The van der Waals surface area contributed by atoms with Crippen molar-refractivity contribution in [2.24, 2.45) is 0 Å². The van der Waals surface area contributed by atoms with E-state index in [1.54, 1.807) is 0 Å². The van der Waals surface area contributed by atoms with Gasteiger partial charge in [-0.05, 0) is 45.5 Å². The summed E-state index contributed by atoms with van der Waals surface area (Å²) in [7, 11) is 0. The Balaban J connectivity index is 2.95. The Kier molecular flexibility index (Phi) is 5.33. The average Bonchev–Trinajstić information content (AvgIpc) is 2.20. The van der Waals surface area contributed by atoms with Crippen molar-refractivity contribution in [1.29, 1.82) is 0 Å². The Morgan fingerprint density at radius 1 is 1.29 bits per heavy atom. The van der Waals surface area contributed by atoms with E-state index in [1.165, 1.54) is 5.56 Å². The Hall–Kier alpha value is -0.210. The van der Waals surface area contributed by atoms with E-state index in [1.807, 2.05) is 6.07 Å². The standard InChI is InChI=1S/C14H20BrClO/c1-5-6-7-17-13-11(15)8-10(9-12(13)16)14(2,3)4/h8-9H,5-7H2,1-4H3. The molecule has 0 radical (unpaired) electrons. The quantitative estimate of drug-likeness (QED) is 0.658. The summed E-state index contributed by atoms with van der Waals surface area (Å²) in [4.78, 5) is 0. The van der Waals surface area contributed by atoms with E-state index in [4.69, 9.17) is 16.3 Å². The molecule has 17 heavy (non-hydrogen) atoms. The fraction of sp³-hybridized carbons (Fsp3) is 0.571. The van der Waals surface area contributed by atoms with Crippen molar-refractivity contribution in [3.63, 3.8) is 0 Å². The van der Waals surface area contributed by atoms with E-state index in [2.05, 4.69) is 49.7 Å². The molecule has 0 bridgehead atoms. The first kappa shape index (κ1) is 14.8. The largest absolute Gasteiger partial charge is 0.491 e. The predicted octanol–water partition coefficient (Wildman–Crippen LogP) is 5.58. The number of benzene rings is 1. The highest BCUT2D eigenvalue weighted by Crippen LogP contribution is 2.38. The first-order valence-electron chi connectivity index (χ1n) is 5.98. The summed E-state index contributed by atoms with van der Waals surface area (Å²) < 4.78 is 6.63. The lowest BCUT2D eigenvalue weighted by atomic mass is 9.87. The molecular formula is C14H20BrClO. The van der Waals surface area contributed by atoms with Gasteiger partial charge in [-0.2, -0.15) is 0 Å². The molecule has 0 N–H and O–H groups in total. The van der Waals surface area contributed by atoms with Gasteiger partial charge in [0.1, 0.15) is 0 Å². The number of hydrogen-bond donors (Lipinski definition) is 0. The van der Waals surface area contributed by atoms with Crippen LogP contribution >= 0.6 is 27.5 Å². The maximum Gasteiger partial charge on any atom is 0.152 e. The summed E-state index contributed by atoms with van der Waals surface area (Å²) in [5.41, 5.74) is 1.30. The van der Waals surface area contributed by atoms with Gasteiger partial charge in [0.15, 0.2) is 5.75 Å². The Morgan fingerprint density at radius 2 is 1.94 bits per heavy atom. The fourth-order valence-electron chi connectivity index (χ4n) is 1.45. The lowest BCUT2D eigenvalue weighted by Crippen LogP contribution is -2.11. The van der Waals surface area contributed by atoms with E-state index in [0.717, 1.165) is 23.1 Å². The van der Waals surface area contributed by atoms with Crippen molar-refractivity contribution in [3.05, 3.63) is 27.2 Å². The van der Waals surface area contributed by atoms with E-state index in [9.17, 15) is 0 Å². The molecular weight excluding hydrogens is 300 g/mol. The summed E-state index contributed by atoms with van der Waals surface area (Å²) >= 11 is 9.80.